The number of ether oxygens (including phenoxy) is 7. The summed E-state index contributed by atoms with van der Waals surface area (Å²) in [5.74, 6) is -1.45. The number of carbonyl (C=O) groups is 2. The molecule has 6 rings (SSSR count). The van der Waals surface area contributed by atoms with Crippen LogP contribution in [0.1, 0.15) is 85.8 Å². The Balaban J connectivity index is 1.46. The molecule has 3 fully saturated rings. The van der Waals surface area contributed by atoms with Gasteiger partial charge in [0.25, 0.3) is 0 Å². The van der Waals surface area contributed by atoms with E-state index in [4.69, 9.17) is 43.0 Å². The molecule has 0 spiro atoms. The first kappa shape index (κ1) is 52.9. The fourth-order valence-corrected chi connectivity index (χ4v) is 9.63. The van der Waals surface area contributed by atoms with Crippen LogP contribution in [-0.4, -0.2) is 174 Å². The van der Waals surface area contributed by atoms with Crippen molar-refractivity contribution in [2.24, 2.45) is 11.8 Å². The van der Waals surface area contributed by atoms with Gasteiger partial charge in [0, 0.05) is 38.6 Å². The number of aryl methyl sites for hydroxylation is 1. The van der Waals surface area contributed by atoms with Gasteiger partial charge in [0.15, 0.2) is 24.5 Å². The molecule has 5 aliphatic rings. The average molecular weight is 921 g/mol. The minimum absolute atomic E-state index is 0.0240. The molecule has 0 amide bonds. The minimum Gasteiger partial charge on any atom is -0.462 e. The molecule has 0 aromatic carbocycles. The second kappa shape index (κ2) is 23.8. The van der Waals surface area contributed by atoms with Gasteiger partial charge >= 0.3 is 11.9 Å². The van der Waals surface area contributed by atoms with Crippen molar-refractivity contribution >= 4 is 17.8 Å². The van der Waals surface area contributed by atoms with Crippen molar-refractivity contribution in [2.75, 3.05) is 39.4 Å². The van der Waals surface area contributed by atoms with E-state index < -0.39 is 122 Å². The van der Waals surface area contributed by atoms with Crippen LogP contribution < -0.4 is 10.4 Å². The third-order valence-corrected chi connectivity index (χ3v) is 13.0. The first-order chi connectivity index (χ1) is 30.8. The lowest BCUT2D eigenvalue weighted by molar-refractivity contribution is -0.344. The summed E-state index contributed by atoms with van der Waals surface area (Å²) in [4.78, 5) is 38.8. The van der Waals surface area contributed by atoms with Crippen LogP contribution in [0.4, 0.5) is 5.82 Å². The maximum absolute atomic E-state index is 13.6. The number of carbonyl (C=O) groups excluding carboxylic acids is 2. The number of methoxy groups -OCH3 is 1. The SMILES string of the molecule is C=CCNCC[C@H]1C[C@@H](C)[C@@H](O)[C@H]2C=C[C@@H](C[C@@H](C)OC(=O)C[C@@H](O)[C@H](OC)[C@H]1O[C@@H]1O[C@H](C)[C@@H](O[C@H]3C[C@@](C)(O)[C@@H](OC(=O)CC)[C@H](C)O3)[C@H](N(C)C)[C@H]1O)N(c1cccc(C)n1)O2. The van der Waals surface area contributed by atoms with Crippen LogP contribution in [0.5, 0.6) is 0 Å². The van der Waals surface area contributed by atoms with E-state index in [1.54, 1.807) is 64.8 Å². The number of anilines is 1. The maximum atomic E-state index is 13.6. The second-order valence-electron chi connectivity index (χ2n) is 18.7. The number of hydrogen-bond acceptors (Lipinski definition) is 18. The van der Waals surface area contributed by atoms with Gasteiger partial charge in [0.1, 0.15) is 36.1 Å². The molecule has 3 saturated heterocycles. The smallest absolute Gasteiger partial charge is 0.308 e. The zero-order chi connectivity index (χ0) is 47.7. The van der Waals surface area contributed by atoms with E-state index in [0.29, 0.717) is 38.2 Å². The van der Waals surface area contributed by atoms with Gasteiger partial charge in [0.2, 0.25) is 0 Å². The Morgan fingerprint density at radius 2 is 1.78 bits per heavy atom. The summed E-state index contributed by atoms with van der Waals surface area (Å²) < 4.78 is 43.5. The molecule has 1 aromatic rings. The Hall–Kier alpha value is -3.11. The predicted octanol–water partition coefficient (Wildman–Crippen LogP) is 2.72. The van der Waals surface area contributed by atoms with Gasteiger partial charge in [-0.1, -0.05) is 38.1 Å². The summed E-state index contributed by atoms with van der Waals surface area (Å²) >= 11 is 0. The molecule has 2 bridgehead atoms. The topological polar surface area (TPSA) is 220 Å². The van der Waals surface area contributed by atoms with Crippen LogP contribution in [-0.2, 0) is 47.6 Å². The normalized spacial score (nSPS) is 39.8. The Morgan fingerprint density at radius 3 is 2.43 bits per heavy atom. The molecule has 0 unspecified atom stereocenters. The molecule has 0 aliphatic carbocycles. The van der Waals surface area contributed by atoms with Gasteiger partial charge in [0.05, 0.1) is 49.0 Å². The van der Waals surface area contributed by atoms with Crippen molar-refractivity contribution in [3.8, 4) is 0 Å². The minimum atomic E-state index is -1.48. The third kappa shape index (κ3) is 13.5. The largest absolute Gasteiger partial charge is 0.462 e. The number of esters is 2. The van der Waals surface area contributed by atoms with E-state index in [-0.39, 0.29) is 18.9 Å². The highest BCUT2D eigenvalue weighted by Crippen LogP contribution is 2.38. The van der Waals surface area contributed by atoms with Crippen LogP contribution in [0.15, 0.2) is 43.0 Å². The summed E-state index contributed by atoms with van der Waals surface area (Å²) in [6.07, 6.45) is -6.32. The van der Waals surface area contributed by atoms with E-state index in [1.165, 1.54) is 7.11 Å². The molecule has 0 radical (unpaired) electrons. The van der Waals surface area contributed by atoms with Crippen LogP contribution in [0.25, 0.3) is 0 Å². The molecular weight excluding hydrogens is 845 g/mol. The second-order valence-corrected chi connectivity index (χ2v) is 18.7. The number of aliphatic hydroxyl groups is 4. The van der Waals surface area contributed by atoms with Crippen molar-refractivity contribution in [2.45, 2.75) is 184 Å². The van der Waals surface area contributed by atoms with Crippen LogP contribution in [0, 0.1) is 18.8 Å². The van der Waals surface area contributed by atoms with Crippen molar-refractivity contribution in [1.82, 2.24) is 15.2 Å². The van der Waals surface area contributed by atoms with Gasteiger partial charge in [-0.25, -0.2) is 10.0 Å². The standard InChI is InChI=1S/C47H76N4O14/c1-12-20-48-21-19-31-22-26(3)40(55)34-18-17-32(51(65-34)35-16-14-15-27(4)49-35)23-28(5)59-37(54)24-33(52)44(58-11)43(31)64-46-41(56)39(50(9)10)42(29(6)61-46)63-38-25-47(8,57)45(30(7)60-38)62-36(53)13-2/h12,14-18,26,28-34,38-46,48,52,55-57H,1,13,19-25H2,2-11H3/t26-,28-,29-,30+,31+,32+,33-,34-,38+,39-,40-,41-,42-,43+,44+,45+,46+,47-/m1/s1. The van der Waals surface area contributed by atoms with Crippen LogP contribution in [0.3, 0.4) is 0 Å². The highest BCUT2D eigenvalue weighted by molar-refractivity contribution is 5.70. The van der Waals surface area contributed by atoms with E-state index in [9.17, 15) is 30.0 Å². The molecule has 5 aliphatic heterocycles. The van der Waals surface area contributed by atoms with Gasteiger partial charge in [-0.2, -0.15) is 0 Å². The molecule has 5 N–H and O–H groups in total. The van der Waals surface area contributed by atoms with Gasteiger partial charge in [-0.3, -0.25) is 14.4 Å². The van der Waals surface area contributed by atoms with Crippen molar-refractivity contribution in [3.05, 3.63) is 48.7 Å². The monoisotopic (exact) mass is 921 g/mol. The first-order valence-corrected chi connectivity index (χ1v) is 23.1. The van der Waals surface area contributed by atoms with E-state index in [2.05, 4.69) is 11.9 Å². The number of fused-ring (bicyclic) bond motifs is 12. The first-order valence-electron chi connectivity index (χ1n) is 23.1. The summed E-state index contributed by atoms with van der Waals surface area (Å²) in [6, 6.07) is 4.46. The van der Waals surface area contributed by atoms with Crippen molar-refractivity contribution < 1.29 is 68.0 Å². The number of aromatic nitrogens is 1. The fourth-order valence-electron chi connectivity index (χ4n) is 9.63. The lowest BCUT2D eigenvalue weighted by Crippen LogP contribution is -2.66. The lowest BCUT2D eigenvalue weighted by atomic mass is 9.81. The molecule has 0 saturated carbocycles. The Labute approximate surface area is 384 Å². The van der Waals surface area contributed by atoms with Crippen LogP contribution in [0.2, 0.25) is 0 Å². The Bertz CT molecular complexity index is 1720. The number of aliphatic hydroxyl groups excluding tert-OH is 3. The van der Waals surface area contributed by atoms with Gasteiger partial charge in [-0.15, -0.1) is 6.58 Å². The average Bonchev–Trinajstić information content (AvgIpc) is 3.23. The quantitative estimate of drug-likeness (QED) is 0.103. The predicted molar refractivity (Wildman–Crippen MR) is 239 cm³/mol. The van der Waals surface area contributed by atoms with E-state index >= 15 is 0 Å². The fraction of sp³-hybridized carbons (Fsp3) is 0.766. The molecule has 368 valence electrons. The maximum Gasteiger partial charge on any atom is 0.308 e. The number of hydrogen-bond donors (Lipinski definition) is 5. The Morgan fingerprint density at radius 1 is 1.05 bits per heavy atom. The van der Waals surface area contributed by atoms with Gasteiger partial charge in [-0.05, 0) is 92.1 Å². The van der Waals surface area contributed by atoms with Crippen molar-refractivity contribution in [3.63, 3.8) is 0 Å². The van der Waals surface area contributed by atoms with Crippen LogP contribution >= 0.6 is 0 Å². The highest BCUT2D eigenvalue weighted by atomic mass is 16.7. The van der Waals surface area contributed by atoms with Gasteiger partial charge < -0.3 is 63.8 Å². The molecular formula is C47H76N4O14. The molecule has 6 heterocycles. The summed E-state index contributed by atoms with van der Waals surface area (Å²) in [7, 11) is 5.00. The van der Waals surface area contributed by atoms with E-state index in [0.717, 1.165) is 5.69 Å². The van der Waals surface area contributed by atoms with E-state index in [1.807, 2.05) is 44.2 Å². The Kier molecular flexibility index (Phi) is 19.3. The zero-order valence-electron chi connectivity index (χ0n) is 39.9. The molecule has 65 heavy (non-hydrogen) atoms. The summed E-state index contributed by atoms with van der Waals surface area (Å²) in [5, 5.41) is 52.7. The van der Waals surface area contributed by atoms with Crippen molar-refractivity contribution in [1.29, 1.82) is 0 Å². The number of likely N-dealkylation sites (N-methyl/N-ethyl adjacent to an activating group) is 1. The number of rotatable bonds is 14. The number of nitrogens with zero attached hydrogens (tertiary/aromatic N) is 3. The number of nitrogens with one attached hydrogen (secondary N) is 1. The number of pyridine rings is 1. The molecule has 18 nitrogen and oxygen atoms in total. The summed E-state index contributed by atoms with van der Waals surface area (Å²) in [6.45, 7) is 17.1. The highest BCUT2D eigenvalue weighted by Gasteiger charge is 2.53. The lowest BCUT2D eigenvalue weighted by Gasteiger charge is -2.50. The third-order valence-electron chi connectivity index (χ3n) is 13.0. The molecule has 18 atom stereocenters. The zero-order valence-corrected chi connectivity index (χ0v) is 39.9. The molecule has 18 heteroatoms. The summed E-state index contributed by atoms with van der Waals surface area (Å²) in [5.41, 5.74) is -0.699. The molecule has 1 aromatic heterocycles. The number of hydroxylamine groups is 1.